The average molecular weight is 209 g/mol. The lowest BCUT2D eigenvalue weighted by atomic mass is 10.4. The van der Waals surface area contributed by atoms with Crippen molar-refractivity contribution in [2.45, 2.75) is 13.8 Å². The summed E-state index contributed by atoms with van der Waals surface area (Å²) >= 11 is 0. The van der Waals surface area contributed by atoms with Crippen LogP contribution in [-0.4, -0.2) is 34.1 Å². The molecule has 82 valence electrons. The van der Waals surface area contributed by atoms with Crippen molar-refractivity contribution in [3.8, 4) is 0 Å². The third-order valence-corrected chi connectivity index (χ3v) is 2.10. The van der Waals surface area contributed by atoms with E-state index in [-0.39, 0.29) is 5.84 Å². The Balaban J connectivity index is 2.89. The number of anilines is 1. The molecule has 0 saturated heterocycles. The minimum Gasteiger partial charge on any atom is -0.409 e. The molecule has 0 aliphatic carbocycles. The Hall–Kier alpha value is -1.85. The van der Waals surface area contributed by atoms with E-state index < -0.39 is 0 Å². The van der Waals surface area contributed by atoms with Crippen molar-refractivity contribution >= 4 is 11.7 Å². The zero-order chi connectivity index (χ0) is 11.3. The van der Waals surface area contributed by atoms with E-state index in [1.165, 1.54) is 6.20 Å². The van der Waals surface area contributed by atoms with Gasteiger partial charge in [0.2, 0.25) is 0 Å². The number of hydrogen-bond donors (Lipinski definition) is 2. The third kappa shape index (κ3) is 2.55. The van der Waals surface area contributed by atoms with E-state index in [0.717, 1.165) is 18.9 Å². The number of amidine groups is 1. The molecule has 0 aliphatic rings. The fraction of sp³-hybridized carbons (Fsp3) is 0.444. The molecular weight excluding hydrogens is 194 g/mol. The van der Waals surface area contributed by atoms with Gasteiger partial charge < -0.3 is 15.8 Å². The molecule has 1 aromatic heterocycles. The van der Waals surface area contributed by atoms with Gasteiger partial charge in [0.25, 0.3) is 0 Å². The number of nitrogens with two attached hydrogens (primary N) is 1. The first kappa shape index (κ1) is 11.2. The maximum absolute atomic E-state index is 8.44. The van der Waals surface area contributed by atoms with Gasteiger partial charge in [0.05, 0.1) is 12.4 Å². The van der Waals surface area contributed by atoms with Crippen LogP contribution in [0.1, 0.15) is 19.5 Å². The van der Waals surface area contributed by atoms with Crippen LogP contribution < -0.4 is 10.6 Å². The Bertz CT molecular complexity index is 331. The van der Waals surface area contributed by atoms with Crippen LogP contribution in [0.15, 0.2) is 17.5 Å². The van der Waals surface area contributed by atoms with Crippen molar-refractivity contribution in [3.05, 3.63) is 18.1 Å². The highest BCUT2D eigenvalue weighted by Crippen LogP contribution is 2.07. The molecule has 3 N–H and O–H groups in total. The molecule has 0 atom stereocenters. The first-order chi connectivity index (χ1) is 7.22. The SMILES string of the molecule is CCN(CC)c1cnc(C(N)=NO)cn1. The standard InChI is InChI=1S/C9H15N5O/c1-3-14(4-2)8-6-11-7(5-12-8)9(10)13-15/h5-6,15H,3-4H2,1-2H3,(H2,10,13). The predicted molar refractivity (Wildman–Crippen MR) is 58.1 cm³/mol. The van der Waals surface area contributed by atoms with Gasteiger partial charge >= 0.3 is 0 Å². The summed E-state index contributed by atoms with van der Waals surface area (Å²) in [5.41, 5.74) is 5.74. The van der Waals surface area contributed by atoms with E-state index in [2.05, 4.69) is 20.0 Å². The number of oxime groups is 1. The molecule has 0 aromatic carbocycles. The lowest BCUT2D eigenvalue weighted by Crippen LogP contribution is -2.24. The van der Waals surface area contributed by atoms with Gasteiger partial charge in [-0.05, 0) is 13.8 Å². The highest BCUT2D eigenvalue weighted by Gasteiger charge is 2.05. The average Bonchev–Trinajstić information content (AvgIpc) is 2.30. The molecule has 0 saturated carbocycles. The first-order valence-corrected chi connectivity index (χ1v) is 4.77. The second-order valence-electron chi connectivity index (χ2n) is 2.92. The minimum atomic E-state index is -0.0337. The molecule has 6 heteroatoms. The third-order valence-electron chi connectivity index (χ3n) is 2.10. The van der Waals surface area contributed by atoms with Crippen LogP contribution in [0.5, 0.6) is 0 Å². The van der Waals surface area contributed by atoms with Crippen molar-refractivity contribution < 1.29 is 5.21 Å². The van der Waals surface area contributed by atoms with Crippen LogP contribution in [0, 0.1) is 0 Å². The molecule has 0 unspecified atom stereocenters. The van der Waals surface area contributed by atoms with Crippen molar-refractivity contribution in [2.24, 2.45) is 10.9 Å². The van der Waals surface area contributed by atoms with Gasteiger partial charge in [0, 0.05) is 13.1 Å². The molecule has 6 nitrogen and oxygen atoms in total. The Morgan fingerprint density at radius 2 is 2.07 bits per heavy atom. The van der Waals surface area contributed by atoms with E-state index >= 15 is 0 Å². The van der Waals surface area contributed by atoms with Crippen LogP contribution in [0.3, 0.4) is 0 Å². The van der Waals surface area contributed by atoms with Crippen LogP contribution in [0.4, 0.5) is 5.82 Å². The zero-order valence-electron chi connectivity index (χ0n) is 8.88. The molecule has 0 spiro atoms. The number of nitrogens with zero attached hydrogens (tertiary/aromatic N) is 4. The van der Waals surface area contributed by atoms with Gasteiger partial charge in [0.15, 0.2) is 5.84 Å². The summed E-state index contributed by atoms with van der Waals surface area (Å²) in [5.74, 6) is 0.753. The summed E-state index contributed by atoms with van der Waals surface area (Å²) in [6.07, 6.45) is 3.10. The van der Waals surface area contributed by atoms with E-state index in [9.17, 15) is 0 Å². The smallest absolute Gasteiger partial charge is 0.190 e. The predicted octanol–water partition coefficient (Wildman–Crippen LogP) is 0.417. The molecule has 0 bridgehead atoms. The van der Waals surface area contributed by atoms with Gasteiger partial charge in [-0.15, -0.1) is 0 Å². The Labute approximate surface area is 88.4 Å². The van der Waals surface area contributed by atoms with E-state index in [1.54, 1.807) is 6.20 Å². The van der Waals surface area contributed by atoms with Crippen molar-refractivity contribution in [1.29, 1.82) is 0 Å². The Kier molecular flexibility index (Phi) is 3.84. The van der Waals surface area contributed by atoms with E-state index in [1.807, 2.05) is 13.8 Å². The van der Waals surface area contributed by atoms with Gasteiger partial charge in [-0.25, -0.2) is 9.97 Å². The fourth-order valence-corrected chi connectivity index (χ4v) is 1.22. The van der Waals surface area contributed by atoms with Crippen LogP contribution in [0.25, 0.3) is 0 Å². The molecule has 0 fully saturated rings. The summed E-state index contributed by atoms with van der Waals surface area (Å²) < 4.78 is 0. The Morgan fingerprint density at radius 3 is 2.47 bits per heavy atom. The number of aromatic nitrogens is 2. The maximum atomic E-state index is 8.44. The largest absolute Gasteiger partial charge is 0.409 e. The van der Waals surface area contributed by atoms with E-state index in [4.69, 9.17) is 10.9 Å². The maximum Gasteiger partial charge on any atom is 0.190 e. The highest BCUT2D eigenvalue weighted by molar-refractivity contribution is 5.94. The second kappa shape index (κ2) is 5.14. The van der Waals surface area contributed by atoms with Crippen molar-refractivity contribution in [3.63, 3.8) is 0 Å². The zero-order valence-corrected chi connectivity index (χ0v) is 8.88. The molecular formula is C9H15N5O. The quantitative estimate of drug-likeness (QED) is 0.325. The van der Waals surface area contributed by atoms with Crippen LogP contribution >= 0.6 is 0 Å². The van der Waals surface area contributed by atoms with Crippen molar-refractivity contribution in [2.75, 3.05) is 18.0 Å². The Morgan fingerprint density at radius 1 is 1.40 bits per heavy atom. The topological polar surface area (TPSA) is 87.6 Å². The van der Waals surface area contributed by atoms with Gasteiger partial charge in [0.1, 0.15) is 11.5 Å². The summed E-state index contributed by atoms with van der Waals surface area (Å²) in [5, 5.41) is 11.3. The summed E-state index contributed by atoms with van der Waals surface area (Å²) in [7, 11) is 0. The molecule has 1 aromatic rings. The number of hydrogen-bond acceptors (Lipinski definition) is 5. The van der Waals surface area contributed by atoms with Gasteiger partial charge in [-0.2, -0.15) is 0 Å². The second-order valence-corrected chi connectivity index (χ2v) is 2.92. The minimum absolute atomic E-state index is 0.0337. The summed E-state index contributed by atoms with van der Waals surface area (Å²) in [6.45, 7) is 5.83. The van der Waals surface area contributed by atoms with Crippen LogP contribution in [0.2, 0.25) is 0 Å². The van der Waals surface area contributed by atoms with Gasteiger partial charge in [-0.1, -0.05) is 5.16 Å². The van der Waals surface area contributed by atoms with Crippen molar-refractivity contribution in [1.82, 2.24) is 9.97 Å². The van der Waals surface area contributed by atoms with Gasteiger partial charge in [-0.3, -0.25) is 0 Å². The lowest BCUT2D eigenvalue weighted by Gasteiger charge is -2.18. The molecule has 1 rings (SSSR count). The monoisotopic (exact) mass is 209 g/mol. The molecule has 1 heterocycles. The number of rotatable bonds is 4. The summed E-state index contributed by atoms with van der Waals surface area (Å²) in [4.78, 5) is 10.3. The summed E-state index contributed by atoms with van der Waals surface area (Å²) in [6, 6.07) is 0. The first-order valence-electron chi connectivity index (χ1n) is 4.77. The van der Waals surface area contributed by atoms with Crippen LogP contribution in [-0.2, 0) is 0 Å². The lowest BCUT2D eigenvalue weighted by molar-refractivity contribution is 0.318. The van der Waals surface area contributed by atoms with E-state index in [0.29, 0.717) is 5.69 Å². The normalized spacial score (nSPS) is 11.5. The molecule has 0 aliphatic heterocycles. The molecule has 0 amide bonds. The fourth-order valence-electron chi connectivity index (χ4n) is 1.22. The molecule has 0 radical (unpaired) electrons. The highest BCUT2D eigenvalue weighted by atomic mass is 16.4. The molecule has 15 heavy (non-hydrogen) atoms.